The van der Waals surface area contributed by atoms with Crippen molar-refractivity contribution in [2.75, 3.05) is 12.5 Å². The summed E-state index contributed by atoms with van der Waals surface area (Å²) in [4.78, 5) is 0. The normalized spacial score (nSPS) is 10.3. The monoisotopic (exact) mass is 266 g/mol. The Morgan fingerprint density at radius 2 is 2.28 bits per heavy atom. The number of rotatable bonds is 6. The van der Waals surface area contributed by atoms with Crippen molar-refractivity contribution in [1.29, 1.82) is 0 Å². The summed E-state index contributed by atoms with van der Waals surface area (Å²) in [6, 6.07) is 7.73. The van der Waals surface area contributed by atoms with Gasteiger partial charge in [-0.05, 0) is 17.7 Å². The number of ether oxygens (including phenoxy) is 2. The van der Waals surface area contributed by atoms with Crippen LogP contribution in [-0.4, -0.2) is 16.7 Å². The zero-order valence-corrected chi connectivity index (χ0v) is 10.7. The van der Waals surface area contributed by atoms with Crippen molar-refractivity contribution in [2.45, 2.75) is 13.2 Å². The average Bonchev–Trinajstić information content (AvgIpc) is 2.86. The summed E-state index contributed by atoms with van der Waals surface area (Å²) in [6.45, 7) is 0.853. The van der Waals surface area contributed by atoms with Gasteiger partial charge in [-0.1, -0.05) is 16.6 Å². The molecule has 0 fully saturated rings. The topological polar surface area (TPSA) is 82.3 Å². The summed E-state index contributed by atoms with van der Waals surface area (Å²) in [5.41, 5.74) is 4.29. The molecule has 0 aliphatic rings. The second-order valence-corrected chi connectivity index (χ2v) is 4.29. The fourth-order valence-electron chi connectivity index (χ4n) is 1.44. The van der Waals surface area contributed by atoms with Gasteiger partial charge in [0.2, 0.25) is 0 Å². The van der Waals surface area contributed by atoms with E-state index in [1.54, 1.807) is 7.11 Å². The Morgan fingerprint density at radius 3 is 3.06 bits per heavy atom. The molecule has 1 aromatic heterocycles. The van der Waals surface area contributed by atoms with E-state index in [1.165, 1.54) is 11.5 Å². The van der Waals surface area contributed by atoms with Crippen LogP contribution < -0.4 is 16.0 Å². The van der Waals surface area contributed by atoms with Crippen LogP contribution in [0.1, 0.15) is 11.3 Å². The van der Waals surface area contributed by atoms with Gasteiger partial charge in [-0.2, -0.15) is 0 Å². The first-order chi connectivity index (χ1) is 8.83. The largest absolute Gasteiger partial charge is 0.497 e. The molecule has 0 atom stereocenters. The van der Waals surface area contributed by atoms with Gasteiger partial charge in [0.05, 0.1) is 20.3 Å². The summed E-state index contributed by atoms with van der Waals surface area (Å²) >= 11 is 1.20. The molecule has 96 valence electrons. The van der Waals surface area contributed by atoms with Gasteiger partial charge in [-0.15, -0.1) is 5.10 Å². The molecule has 0 aliphatic heterocycles. The van der Waals surface area contributed by atoms with Crippen LogP contribution in [0.3, 0.4) is 0 Å². The summed E-state index contributed by atoms with van der Waals surface area (Å²) in [6.07, 6.45) is 0. The zero-order valence-electron chi connectivity index (χ0n) is 9.92. The number of hydrazine groups is 1. The molecule has 7 heteroatoms. The lowest BCUT2D eigenvalue weighted by Gasteiger charge is -2.05. The molecule has 3 N–H and O–H groups in total. The number of nitrogens with one attached hydrogen (secondary N) is 1. The molecule has 1 aromatic carbocycles. The molecule has 0 unspecified atom stereocenters. The van der Waals surface area contributed by atoms with E-state index >= 15 is 0 Å². The van der Waals surface area contributed by atoms with Gasteiger partial charge in [-0.25, -0.2) is 5.84 Å². The maximum Gasteiger partial charge on any atom is 0.149 e. The van der Waals surface area contributed by atoms with Crippen molar-refractivity contribution in [1.82, 2.24) is 9.59 Å². The number of nitrogens with zero attached hydrogens (tertiary/aromatic N) is 2. The SMILES string of the molecule is COc1cccc(COCc2nnsc2NN)c1. The number of anilines is 1. The minimum Gasteiger partial charge on any atom is -0.497 e. The smallest absolute Gasteiger partial charge is 0.149 e. The van der Waals surface area contributed by atoms with Gasteiger partial charge < -0.3 is 14.9 Å². The van der Waals surface area contributed by atoms with Crippen molar-refractivity contribution in [2.24, 2.45) is 5.84 Å². The maximum absolute atomic E-state index is 5.56. The highest BCUT2D eigenvalue weighted by atomic mass is 32.1. The van der Waals surface area contributed by atoms with E-state index in [9.17, 15) is 0 Å². The van der Waals surface area contributed by atoms with E-state index in [-0.39, 0.29) is 0 Å². The van der Waals surface area contributed by atoms with E-state index < -0.39 is 0 Å². The van der Waals surface area contributed by atoms with Crippen molar-refractivity contribution < 1.29 is 9.47 Å². The van der Waals surface area contributed by atoms with Gasteiger partial charge in [0.1, 0.15) is 16.4 Å². The van der Waals surface area contributed by atoms with Crippen LogP contribution in [0.25, 0.3) is 0 Å². The van der Waals surface area contributed by atoms with E-state index in [0.717, 1.165) is 16.3 Å². The second-order valence-electron chi connectivity index (χ2n) is 3.54. The Kier molecular flexibility index (Phi) is 4.46. The molecule has 0 saturated heterocycles. The van der Waals surface area contributed by atoms with E-state index in [2.05, 4.69) is 15.0 Å². The summed E-state index contributed by atoms with van der Waals surface area (Å²) < 4.78 is 14.5. The predicted octanol–water partition coefficient (Wildman–Crippen LogP) is 1.55. The molecular formula is C11H14N4O2S. The number of aromatic nitrogens is 2. The predicted molar refractivity (Wildman–Crippen MR) is 69.2 cm³/mol. The zero-order chi connectivity index (χ0) is 12.8. The minimum atomic E-state index is 0.368. The van der Waals surface area contributed by atoms with Gasteiger partial charge in [-0.3, -0.25) is 0 Å². The lowest BCUT2D eigenvalue weighted by molar-refractivity contribution is 0.105. The van der Waals surface area contributed by atoms with Crippen molar-refractivity contribution >= 4 is 16.5 Å². The number of hydrogen-bond acceptors (Lipinski definition) is 7. The van der Waals surface area contributed by atoms with E-state index in [1.807, 2.05) is 24.3 Å². The molecule has 0 amide bonds. The molecule has 0 spiro atoms. The fourth-order valence-corrected chi connectivity index (χ4v) is 1.92. The average molecular weight is 266 g/mol. The Balaban J connectivity index is 1.88. The Morgan fingerprint density at radius 1 is 1.39 bits per heavy atom. The van der Waals surface area contributed by atoms with Crippen LogP contribution in [0.2, 0.25) is 0 Å². The van der Waals surface area contributed by atoms with Crippen LogP contribution in [0, 0.1) is 0 Å². The first-order valence-electron chi connectivity index (χ1n) is 5.32. The molecule has 0 aliphatic carbocycles. The summed E-state index contributed by atoms with van der Waals surface area (Å²) in [5.74, 6) is 6.14. The molecule has 0 radical (unpaired) electrons. The Labute approximate surface area is 109 Å². The fraction of sp³-hybridized carbons (Fsp3) is 0.273. The molecule has 2 rings (SSSR count). The lowest BCUT2D eigenvalue weighted by atomic mass is 10.2. The lowest BCUT2D eigenvalue weighted by Crippen LogP contribution is -2.08. The molecule has 6 nitrogen and oxygen atoms in total. The van der Waals surface area contributed by atoms with Gasteiger partial charge >= 0.3 is 0 Å². The van der Waals surface area contributed by atoms with Gasteiger partial charge in [0.15, 0.2) is 0 Å². The minimum absolute atomic E-state index is 0.368. The highest BCUT2D eigenvalue weighted by Crippen LogP contribution is 2.18. The Bertz CT molecular complexity index is 503. The highest BCUT2D eigenvalue weighted by Gasteiger charge is 2.06. The first kappa shape index (κ1) is 12.7. The quantitative estimate of drug-likeness (QED) is 0.610. The van der Waals surface area contributed by atoms with Crippen molar-refractivity contribution in [3.63, 3.8) is 0 Å². The first-order valence-corrected chi connectivity index (χ1v) is 6.09. The van der Waals surface area contributed by atoms with Crippen LogP contribution in [0.15, 0.2) is 24.3 Å². The van der Waals surface area contributed by atoms with Gasteiger partial charge in [0.25, 0.3) is 0 Å². The molecule has 2 aromatic rings. The summed E-state index contributed by atoms with van der Waals surface area (Å²) in [5, 5.41) is 4.65. The molecular weight excluding hydrogens is 252 g/mol. The summed E-state index contributed by atoms with van der Waals surface area (Å²) in [7, 11) is 1.64. The Hall–Kier alpha value is -1.70. The number of hydrogen-bond donors (Lipinski definition) is 2. The molecule has 0 saturated carbocycles. The maximum atomic E-state index is 5.56. The second kappa shape index (κ2) is 6.29. The van der Waals surface area contributed by atoms with Crippen LogP contribution in [0.4, 0.5) is 5.00 Å². The van der Waals surface area contributed by atoms with E-state index in [4.69, 9.17) is 15.3 Å². The molecule has 0 bridgehead atoms. The van der Waals surface area contributed by atoms with E-state index in [0.29, 0.717) is 18.9 Å². The van der Waals surface area contributed by atoms with Crippen molar-refractivity contribution in [3.8, 4) is 5.75 Å². The molecule has 18 heavy (non-hydrogen) atoms. The van der Waals surface area contributed by atoms with Gasteiger partial charge in [0, 0.05) is 11.5 Å². The van der Waals surface area contributed by atoms with Crippen LogP contribution in [0.5, 0.6) is 5.75 Å². The third-order valence-corrected chi connectivity index (χ3v) is 3.03. The third-order valence-electron chi connectivity index (χ3n) is 2.33. The van der Waals surface area contributed by atoms with Crippen molar-refractivity contribution in [3.05, 3.63) is 35.5 Å². The number of benzene rings is 1. The number of nitrogen functional groups attached to an aromatic ring is 1. The van der Waals surface area contributed by atoms with Crippen LogP contribution in [-0.2, 0) is 18.0 Å². The number of methoxy groups -OCH3 is 1. The third kappa shape index (κ3) is 3.16. The number of nitrogens with two attached hydrogens (primary N) is 1. The highest BCUT2D eigenvalue weighted by molar-refractivity contribution is 7.10. The van der Waals surface area contributed by atoms with Crippen LogP contribution >= 0.6 is 11.5 Å². The molecule has 1 heterocycles. The standard InChI is InChI=1S/C11H14N4O2S/c1-16-9-4-2-3-8(5-9)6-17-7-10-11(13-12)18-15-14-10/h2-5,13H,6-7,12H2,1H3.